The number of benzene rings is 2. The smallest absolute Gasteiger partial charge is 0.322 e. The van der Waals surface area contributed by atoms with Gasteiger partial charge >= 0.3 is 6.01 Å². The number of carbonyl (C=O) groups excluding carboxylic acids is 1. The number of hydrogen-bond donors (Lipinski definition) is 1. The fraction of sp³-hybridized carbons (Fsp3) is 0.211. The SMILES string of the molecule is COc1ccc(-c2nnc(NC(=O)Cc3cc(C)ccc3C)o2)cc1. The Bertz CT molecular complexity index is 885. The van der Waals surface area contributed by atoms with Gasteiger partial charge in [-0.1, -0.05) is 28.9 Å². The molecule has 0 aliphatic rings. The van der Waals surface area contributed by atoms with Crippen LogP contribution >= 0.6 is 0 Å². The predicted octanol–water partition coefficient (Wildman–Crippen LogP) is 3.54. The third-order valence-electron chi connectivity index (χ3n) is 3.86. The van der Waals surface area contributed by atoms with Gasteiger partial charge in [-0.3, -0.25) is 10.1 Å². The molecule has 0 bridgehead atoms. The first-order chi connectivity index (χ1) is 12.0. The third kappa shape index (κ3) is 4.03. The molecule has 1 heterocycles. The number of amides is 1. The molecule has 6 nitrogen and oxygen atoms in total. The minimum atomic E-state index is -0.196. The van der Waals surface area contributed by atoms with Gasteiger partial charge in [0.25, 0.3) is 0 Å². The zero-order valence-corrected chi connectivity index (χ0v) is 14.4. The Morgan fingerprint density at radius 2 is 1.88 bits per heavy atom. The van der Waals surface area contributed by atoms with Crippen molar-refractivity contribution in [3.63, 3.8) is 0 Å². The summed E-state index contributed by atoms with van der Waals surface area (Å²) in [7, 11) is 1.60. The van der Waals surface area contributed by atoms with E-state index in [0.29, 0.717) is 5.89 Å². The lowest BCUT2D eigenvalue weighted by Gasteiger charge is -2.06. The normalized spacial score (nSPS) is 10.5. The average molecular weight is 337 g/mol. The molecule has 0 saturated carbocycles. The highest BCUT2D eigenvalue weighted by Gasteiger charge is 2.13. The van der Waals surface area contributed by atoms with E-state index in [2.05, 4.69) is 15.5 Å². The summed E-state index contributed by atoms with van der Waals surface area (Å²) < 4.78 is 10.6. The first-order valence-corrected chi connectivity index (χ1v) is 7.89. The number of methoxy groups -OCH3 is 1. The van der Waals surface area contributed by atoms with Crippen molar-refractivity contribution in [1.29, 1.82) is 0 Å². The molecule has 128 valence electrons. The molecular weight excluding hydrogens is 318 g/mol. The molecule has 3 aromatic rings. The summed E-state index contributed by atoms with van der Waals surface area (Å²) in [6.45, 7) is 3.98. The molecule has 0 aliphatic carbocycles. The Balaban J connectivity index is 1.68. The van der Waals surface area contributed by atoms with Crippen LogP contribution in [0.5, 0.6) is 5.75 Å². The van der Waals surface area contributed by atoms with Crippen molar-refractivity contribution in [2.75, 3.05) is 12.4 Å². The number of ether oxygens (including phenoxy) is 1. The number of nitrogens with one attached hydrogen (secondary N) is 1. The summed E-state index contributed by atoms with van der Waals surface area (Å²) in [5.41, 5.74) is 3.92. The van der Waals surface area contributed by atoms with E-state index in [0.717, 1.165) is 28.0 Å². The van der Waals surface area contributed by atoms with E-state index in [9.17, 15) is 4.79 Å². The zero-order valence-electron chi connectivity index (χ0n) is 14.4. The van der Waals surface area contributed by atoms with Crippen molar-refractivity contribution in [3.8, 4) is 17.2 Å². The number of hydrogen-bond acceptors (Lipinski definition) is 5. The van der Waals surface area contributed by atoms with Gasteiger partial charge in [-0.2, -0.15) is 0 Å². The lowest BCUT2D eigenvalue weighted by atomic mass is 10.0. The number of nitrogens with zero attached hydrogens (tertiary/aromatic N) is 2. The molecule has 0 saturated heterocycles. The number of aryl methyl sites for hydroxylation is 2. The average Bonchev–Trinajstić information content (AvgIpc) is 3.06. The van der Waals surface area contributed by atoms with Crippen molar-refractivity contribution < 1.29 is 13.9 Å². The van der Waals surface area contributed by atoms with E-state index in [1.165, 1.54) is 0 Å². The van der Waals surface area contributed by atoms with Crippen LogP contribution in [-0.2, 0) is 11.2 Å². The molecule has 0 aliphatic heterocycles. The van der Waals surface area contributed by atoms with E-state index in [-0.39, 0.29) is 18.3 Å². The second-order valence-electron chi connectivity index (χ2n) is 5.80. The fourth-order valence-electron chi connectivity index (χ4n) is 2.45. The maximum Gasteiger partial charge on any atom is 0.322 e. The highest BCUT2D eigenvalue weighted by atomic mass is 16.5. The first kappa shape index (κ1) is 16.7. The summed E-state index contributed by atoms with van der Waals surface area (Å²) in [6, 6.07) is 13.4. The van der Waals surface area contributed by atoms with Crippen molar-refractivity contribution >= 4 is 11.9 Å². The minimum Gasteiger partial charge on any atom is -0.497 e. The molecule has 0 spiro atoms. The van der Waals surface area contributed by atoms with E-state index in [4.69, 9.17) is 9.15 Å². The molecule has 1 N–H and O–H groups in total. The first-order valence-electron chi connectivity index (χ1n) is 7.89. The summed E-state index contributed by atoms with van der Waals surface area (Å²) >= 11 is 0. The Morgan fingerprint density at radius 1 is 1.12 bits per heavy atom. The van der Waals surface area contributed by atoms with E-state index >= 15 is 0 Å². The Kier molecular flexibility index (Phi) is 4.79. The van der Waals surface area contributed by atoms with Crippen LogP contribution in [0.3, 0.4) is 0 Å². The Labute approximate surface area is 145 Å². The molecule has 1 amide bonds. The largest absolute Gasteiger partial charge is 0.497 e. The standard InChI is InChI=1S/C19H19N3O3/c1-12-4-5-13(2)15(10-12)11-17(23)20-19-22-21-18(25-19)14-6-8-16(24-3)9-7-14/h4-10H,11H2,1-3H3,(H,20,22,23). The van der Waals surface area contributed by atoms with Gasteiger partial charge in [0.2, 0.25) is 11.8 Å². The van der Waals surface area contributed by atoms with Crippen molar-refractivity contribution in [3.05, 3.63) is 59.2 Å². The monoisotopic (exact) mass is 337 g/mol. The fourth-order valence-corrected chi connectivity index (χ4v) is 2.45. The molecule has 25 heavy (non-hydrogen) atoms. The van der Waals surface area contributed by atoms with Crippen molar-refractivity contribution in [2.45, 2.75) is 20.3 Å². The number of carbonyl (C=O) groups is 1. The molecule has 0 unspecified atom stereocenters. The van der Waals surface area contributed by atoms with Crippen LogP contribution in [0, 0.1) is 13.8 Å². The van der Waals surface area contributed by atoms with Crippen LogP contribution in [0.15, 0.2) is 46.9 Å². The molecule has 3 rings (SSSR count). The van der Waals surface area contributed by atoms with Crippen LogP contribution in [0.25, 0.3) is 11.5 Å². The molecule has 0 fully saturated rings. The summed E-state index contributed by atoms with van der Waals surface area (Å²) in [5.74, 6) is 0.883. The van der Waals surface area contributed by atoms with Gasteiger partial charge in [-0.15, -0.1) is 5.10 Å². The van der Waals surface area contributed by atoms with Gasteiger partial charge in [0.15, 0.2) is 0 Å². The van der Waals surface area contributed by atoms with Crippen LogP contribution in [0.1, 0.15) is 16.7 Å². The molecule has 6 heteroatoms. The van der Waals surface area contributed by atoms with Crippen LogP contribution in [-0.4, -0.2) is 23.2 Å². The third-order valence-corrected chi connectivity index (χ3v) is 3.86. The van der Waals surface area contributed by atoms with Gasteiger partial charge < -0.3 is 9.15 Å². The highest BCUT2D eigenvalue weighted by Crippen LogP contribution is 2.22. The van der Waals surface area contributed by atoms with Crippen LogP contribution < -0.4 is 10.1 Å². The summed E-state index contributed by atoms with van der Waals surface area (Å²) in [5, 5.41) is 10.5. The van der Waals surface area contributed by atoms with Crippen molar-refractivity contribution in [1.82, 2.24) is 10.2 Å². The highest BCUT2D eigenvalue weighted by molar-refractivity contribution is 5.90. The predicted molar refractivity (Wildman–Crippen MR) is 94.5 cm³/mol. The Morgan fingerprint density at radius 3 is 2.60 bits per heavy atom. The lowest BCUT2D eigenvalue weighted by Crippen LogP contribution is -2.15. The molecule has 0 atom stereocenters. The van der Waals surface area contributed by atoms with E-state index in [1.807, 2.05) is 44.2 Å². The number of rotatable bonds is 5. The topological polar surface area (TPSA) is 77.3 Å². The lowest BCUT2D eigenvalue weighted by molar-refractivity contribution is -0.115. The van der Waals surface area contributed by atoms with E-state index < -0.39 is 0 Å². The number of anilines is 1. The van der Waals surface area contributed by atoms with E-state index in [1.54, 1.807) is 19.2 Å². The van der Waals surface area contributed by atoms with Crippen LogP contribution in [0.4, 0.5) is 6.01 Å². The van der Waals surface area contributed by atoms with Gasteiger partial charge in [0.05, 0.1) is 13.5 Å². The van der Waals surface area contributed by atoms with Gasteiger partial charge in [-0.05, 0) is 49.2 Å². The molecular formula is C19H19N3O3. The maximum atomic E-state index is 12.2. The zero-order chi connectivity index (χ0) is 17.8. The summed E-state index contributed by atoms with van der Waals surface area (Å²) in [4.78, 5) is 12.2. The molecule has 1 aromatic heterocycles. The molecule has 2 aromatic carbocycles. The maximum absolute atomic E-state index is 12.2. The van der Waals surface area contributed by atoms with Crippen molar-refractivity contribution in [2.24, 2.45) is 0 Å². The second kappa shape index (κ2) is 7.17. The van der Waals surface area contributed by atoms with Gasteiger partial charge in [0, 0.05) is 5.56 Å². The van der Waals surface area contributed by atoms with Gasteiger partial charge in [-0.25, -0.2) is 0 Å². The van der Waals surface area contributed by atoms with Gasteiger partial charge in [0.1, 0.15) is 5.75 Å². The minimum absolute atomic E-state index is 0.0844. The summed E-state index contributed by atoms with van der Waals surface area (Å²) in [6.07, 6.45) is 0.258. The second-order valence-corrected chi connectivity index (χ2v) is 5.80. The molecule has 0 radical (unpaired) electrons. The Hall–Kier alpha value is -3.15. The quantitative estimate of drug-likeness (QED) is 0.770. The van der Waals surface area contributed by atoms with Crippen LogP contribution in [0.2, 0.25) is 0 Å². The number of aromatic nitrogens is 2.